The summed E-state index contributed by atoms with van der Waals surface area (Å²) >= 11 is 0. The van der Waals surface area contributed by atoms with Crippen molar-refractivity contribution in [3.8, 4) is 0 Å². The van der Waals surface area contributed by atoms with Crippen LogP contribution in [-0.2, 0) is 0 Å². The van der Waals surface area contributed by atoms with E-state index in [0.29, 0.717) is 11.5 Å². The highest BCUT2D eigenvalue weighted by Crippen LogP contribution is 2.18. The first-order valence-electron chi connectivity index (χ1n) is 4.22. The Morgan fingerprint density at radius 1 is 1.45 bits per heavy atom. The zero-order chi connectivity index (χ0) is 9.07. The van der Waals surface area contributed by atoms with Crippen molar-refractivity contribution in [3.63, 3.8) is 0 Å². The van der Waals surface area contributed by atoms with Gasteiger partial charge in [0.05, 0.1) is 0 Å². The molecule has 0 fully saturated rings. The average molecular weight is 155 g/mol. The minimum absolute atomic E-state index is 0.343. The van der Waals surface area contributed by atoms with Gasteiger partial charge in [-0.1, -0.05) is 32.9 Å². The zero-order valence-electron chi connectivity index (χ0n) is 8.49. The average Bonchev–Trinajstić information content (AvgIpc) is 1.80. The minimum atomic E-state index is 0.343. The maximum absolute atomic E-state index is 3.85. The third-order valence-corrected chi connectivity index (χ3v) is 2.01. The second-order valence-corrected chi connectivity index (χ2v) is 4.43. The molecule has 0 aliphatic heterocycles. The molecule has 66 valence electrons. The molecule has 1 unspecified atom stereocenters. The summed E-state index contributed by atoms with van der Waals surface area (Å²) in [6.07, 6.45) is 0. The molecule has 0 bridgehead atoms. The predicted molar refractivity (Wildman–Crippen MR) is 51.7 cm³/mol. The van der Waals surface area contributed by atoms with Crippen molar-refractivity contribution in [3.05, 3.63) is 12.2 Å². The Kier molecular flexibility index (Phi) is 3.81. The molecule has 1 nitrogen and oxygen atoms in total. The van der Waals surface area contributed by atoms with Gasteiger partial charge in [0.25, 0.3) is 0 Å². The van der Waals surface area contributed by atoms with Crippen LogP contribution in [0, 0.1) is 5.41 Å². The van der Waals surface area contributed by atoms with E-state index in [1.165, 1.54) is 5.57 Å². The van der Waals surface area contributed by atoms with Gasteiger partial charge in [-0.3, -0.25) is 0 Å². The maximum Gasteiger partial charge on any atom is 0.0161 e. The van der Waals surface area contributed by atoms with Gasteiger partial charge in [-0.05, 0) is 19.3 Å². The van der Waals surface area contributed by atoms with E-state index in [2.05, 4.69) is 39.6 Å². The maximum atomic E-state index is 3.85. The Morgan fingerprint density at radius 2 is 1.91 bits per heavy atom. The standard InChI is InChI=1S/C10H21N/c1-8(2)7-11-9(3)10(4,5)6/h9,11H,1,7H2,2-6H3. The van der Waals surface area contributed by atoms with E-state index >= 15 is 0 Å². The second kappa shape index (κ2) is 3.91. The van der Waals surface area contributed by atoms with Crippen molar-refractivity contribution in [2.45, 2.75) is 40.7 Å². The summed E-state index contributed by atoms with van der Waals surface area (Å²) in [5.41, 5.74) is 1.54. The van der Waals surface area contributed by atoms with Gasteiger partial charge in [0.1, 0.15) is 0 Å². The van der Waals surface area contributed by atoms with Crippen LogP contribution in [0.15, 0.2) is 12.2 Å². The van der Waals surface area contributed by atoms with Crippen molar-refractivity contribution in [1.29, 1.82) is 0 Å². The first-order valence-corrected chi connectivity index (χ1v) is 4.22. The highest BCUT2D eigenvalue weighted by molar-refractivity contribution is 4.92. The third kappa shape index (κ3) is 5.02. The lowest BCUT2D eigenvalue weighted by Crippen LogP contribution is -2.38. The highest BCUT2D eigenvalue weighted by atomic mass is 14.9. The van der Waals surface area contributed by atoms with E-state index in [9.17, 15) is 0 Å². The van der Waals surface area contributed by atoms with Crippen LogP contribution in [0.3, 0.4) is 0 Å². The van der Waals surface area contributed by atoms with Gasteiger partial charge in [0.2, 0.25) is 0 Å². The summed E-state index contributed by atoms with van der Waals surface area (Å²) in [5, 5.41) is 3.42. The van der Waals surface area contributed by atoms with Crippen LogP contribution in [0.5, 0.6) is 0 Å². The van der Waals surface area contributed by atoms with Crippen LogP contribution in [0.2, 0.25) is 0 Å². The van der Waals surface area contributed by atoms with Crippen molar-refractivity contribution < 1.29 is 0 Å². The molecule has 0 rings (SSSR count). The summed E-state index contributed by atoms with van der Waals surface area (Å²) in [6, 6.07) is 0.541. The number of hydrogen-bond donors (Lipinski definition) is 1. The lowest BCUT2D eigenvalue weighted by atomic mass is 9.88. The first kappa shape index (κ1) is 10.7. The van der Waals surface area contributed by atoms with Crippen LogP contribution in [0.4, 0.5) is 0 Å². The SMILES string of the molecule is C=C(C)CNC(C)C(C)(C)C. The van der Waals surface area contributed by atoms with Crippen LogP contribution >= 0.6 is 0 Å². The molecule has 0 radical (unpaired) electrons. The van der Waals surface area contributed by atoms with Gasteiger partial charge in [-0.15, -0.1) is 0 Å². The van der Waals surface area contributed by atoms with E-state index in [1.807, 2.05) is 6.92 Å². The fraction of sp³-hybridized carbons (Fsp3) is 0.800. The summed E-state index contributed by atoms with van der Waals surface area (Å²) in [4.78, 5) is 0. The lowest BCUT2D eigenvalue weighted by Gasteiger charge is -2.28. The molecule has 0 saturated carbocycles. The van der Waals surface area contributed by atoms with Crippen LogP contribution in [-0.4, -0.2) is 12.6 Å². The molecule has 0 spiro atoms. The molecule has 0 saturated heterocycles. The Bertz CT molecular complexity index is 130. The fourth-order valence-corrected chi connectivity index (χ4v) is 0.634. The van der Waals surface area contributed by atoms with Gasteiger partial charge in [-0.2, -0.15) is 0 Å². The molecule has 0 aliphatic carbocycles. The summed E-state index contributed by atoms with van der Waals surface area (Å²) in [7, 11) is 0. The van der Waals surface area contributed by atoms with Crippen LogP contribution < -0.4 is 5.32 Å². The third-order valence-electron chi connectivity index (χ3n) is 2.01. The Hall–Kier alpha value is -0.300. The van der Waals surface area contributed by atoms with Gasteiger partial charge < -0.3 is 5.32 Å². The fourth-order valence-electron chi connectivity index (χ4n) is 0.634. The summed E-state index contributed by atoms with van der Waals surface area (Å²) in [6.45, 7) is 15.7. The van der Waals surface area contributed by atoms with Crippen molar-refractivity contribution in [1.82, 2.24) is 5.32 Å². The van der Waals surface area contributed by atoms with Gasteiger partial charge in [0.15, 0.2) is 0 Å². The second-order valence-electron chi connectivity index (χ2n) is 4.43. The van der Waals surface area contributed by atoms with Crippen molar-refractivity contribution in [2.24, 2.45) is 5.41 Å². The topological polar surface area (TPSA) is 12.0 Å². The molecule has 0 aromatic carbocycles. The summed E-state index contributed by atoms with van der Waals surface area (Å²) < 4.78 is 0. The number of hydrogen-bond acceptors (Lipinski definition) is 1. The molecule has 1 atom stereocenters. The number of nitrogens with one attached hydrogen (secondary N) is 1. The summed E-state index contributed by atoms with van der Waals surface area (Å²) in [5.74, 6) is 0. The van der Waals surface area contributed by atoms with Gasteiger partial charge >= 0.3 is 0 Å². The quantitative estimate of drug-likeness (QED) is 0.618. The molecular weight excluding hydrogens is 134 g/mol. The van der Waals surface area contributed by atoms with Gasteiger partial charge in [0, 0.05) is 12.6 Å². The molecule has 0 aliphatic rings. The monoisotopic (exact) mass is 155 g/mol. The molecule has 0 heterocycles. The Labute approximate surface area is 70.9 Å². The molecule has 11 heavy (non-hydrogen) atoms. The molecular formula is C10H21N. The van der Waals surface area contributed by atoms with Crippen LogP contribution in [0.25, 0.3) is 0 Å². The van der Waals surface area contributed by atoms with E-state index < -0.39 is 0 Å². The predicted octanol–water partition coefficient (Wildman–Crippen LogP) is 2.59. The van der Waals surface area contributed by atoms with E-state index in [1.54, 1.807) is 0 Å². The van der Waals surface area contributed by atoms with Crippen molar-refractivity contribution in [2.75, 3.05) is 6.54 Å². The molecule has 1 heteroatoms. The van der Waals surface area contributed by atoms with Crippen LogP contribution in [0.1, 0.15) is 34.6 Å². The Morgan fingerprint density at radius 3 is 2.18 bits per heavy atom. The molecule has 1 N–H and O–H groups in total. The smallest absolute Gasteiger partial charge is 0.0161 e. The molecule has 0 aromatic rings. The highest BCUT2D eigenvalue weighted by Gasteiger charge is 2.18. The number of rotatable bonds is 3. The largest absolute Gasteiger partial charge is 0.310 e. The molecule has 0 aromatic heterocycles. The Balaban J connectivity index is 3.70. The minimum Gasteiger partial charge on any atom is -0.310 e. The normalized spacial score (nSPS) is 14.6. The first-order chi connectivity index (χ1) is 4.84. The lowest BCUT2D eigenvalue weighted by molar-refractivity contribution is 0.293. The van der Waals surface area contributed by atoms with E-state index in [-0.39, 0.29) is 0 Å². The van der Waals surface area contributed by atoms with E-state index in [0.717, 1.165) is 6.54 Å². The van der Waals surface area contributed by atoms with Gasteiger partial charge in [-0.25, -0.2) is 0 Å². The van der Waals surface area contributed by atoms with Crippen molar-refractivity contribution >= 4 is 0 Å². The molecule has 0 amide bonds. The zero-order valence-corrected chi connectivity index (χ0v) is 8.49. The van der Waals surface area contributed by atoms with E-state index in [4.69, 9.17) is 0 Å².